The summed E-state index contributed by atoms with van der Waals surface area (Å²) in [5.74, 6) is -0.117. The summed E-state index contributed by atoms with van der Waals surface area (Å²) in [6, 6.07) is 7.52. The number of amides is 1. The largest absolute Gasteiger partial charge is 0.416 e. The summed E-state index contributed by atoms with van der Waals surface area (Å²) in [5, 5.41) is 0. The molecule has 1 aromatic heterocycles. The molecule has 1 unspecified atom stereocenters. The number of alkyl halides is 3. The van der Waals surface area contributed by atoms with Crippen LogP contribution in [0.3, 0.4) is 0 Å². The van der Waals surface area contributed by atoms with Crippen molar-refractivity contribution in [1.82, 2.24) is 18.7 Å². The summed E-state index contributed by atoms with van der Waals surface area (Å²) in [6.07, 6.45) is 2.00. The summed E-state index contributed by atoms with van der Waals surface area (Å²) < 4.78 is 70.0. The molecule has 1 aromatic carbocycles. The zero-order valence-corrected chi connectivity index (χ0v) is 23.0. The first kappa shape index (κ1) is 28.2. The maximum Gasteiger partial charge on any atom is 0.416 e. The van der Waals surface area contributed by atoms with Crippen LogP contribution < -0.4 is 0 Å². The van der Waals surface area contributed by atoms with E-state index in [0.29, 0.717) is 38.5 Å². The fourth-order valence-corrected chi connectivity index (χ4v) is 7.93. The number of fused-ring (bicyclic) bond motifs is 1. The Kier molecular flexibility index (Phi) is 8.40. The van der Waals surface area contributed by atoms with Crippen molar-refractivity contribution in [2.45, 2.75) is 81.6 Å². The van der Waals surface area contributed by atoms with Gasteiger partial charge in [-0.05, 0) is 88.5 Å². The normalized spacial score (nSPS) is 21.3. The van der Waals surface area contributed by atoms with Crippen LogP contribution in [-0.2, 0) is 40.5 Å². The Morgan fingerprint density at radius 2 is 1.72 bits per heavy atom. The minimum absolute atomic E-state index is 0.0294. The maximum atomic E-state index is 13.4. The summed E-state index contributed by atoms with van der Waals surface area (Å²) in [7, 11) is -4.18. The number of piperidine rings is 1. The van der Waals surface area contributed by atoms with Crippen LogP contribution in [0.1, 0.15) is 61.9 Å². The van der Waals surface area contributed by atoms with Crippen molar-refractivity contribution in [3.63, 3.8) is 0 Å². The third-order valence-corrected chi connectivity index (χ3v) is 10.3. The van der Waals surface area contributed by atoms with Gasteiger partial charge in [-0.2, -0.15) is 17.5 Å². The van der Waals surface area contributed by atoms with E-state index in [0.717, 1.165) is 43.6 Å². The number of hydrogen-bond donors (Lipinski definition) is 0. The molecule has 3 aliphatic heterocycles. The lowest BCUT2D eigenvalue weighted by Crippen LogP contribution is -2.47. The minimum Gasteiger partial charge on any atom is -0.345 e. The van der Waals surface area contributed by atoms with Crippen molar-refractivity contribution in [2.24, 2.45) is 0 Å². The Bertz CT molecular complexity index is 1270. The molecular weight excluding hydrogens is 529 g/mol. The van der Waals surface area contributed by atoms with Crippen molar-refractivity contribution >= 4 is 15.9 Å². The van der Waals surface area contributed by atoms with Crippen molar-refractivity contribution in [2.75, 3.05) is 32.7 Å². The molecule has 4 heterocycles. The molecule has 0 bridgehead atoms. The van der Waals surface area contributed by atoms with Gasteiger partial charge in [0, 0.05) is 43.5 Å². The molecule has 1 atom stereocenters. The zero-order chi connectivity index (χ0) is 27.6. The number of rotatable bonds is 8. The van der Waals surface area contributed by atoms with Gasteiger partial charge in [0.05, 0.1) is 17.0 Å². The molecule has 0 saturated carbocycles. The number of likely N-dealkylation sites (tertiary alicyclic amines) is 1. The molecule has 5 rings (SSSR count). The van der Waals surface area contributed by atoms with E-state index in [-0.39, 0.29) is 23.8 Å². The number of hydrogen-bond acceptors (Lipinski definition) is 4. The first-order valence-corrected chi connectivity index (χ1v) is 15.4. The predicted octanol–water partition coefficient (Wildman–Crippen LogP) is 4.51. The molecule has 2 aromatic rings. The van der Waals surface area contributed by atoms with Gasteiger partial charge >= 0.3 is 6.18 Å². The quantitative estimate of drug-likeness (QED) is 0.472. The molecule has 214 valence electrons. The summed E-state index contributed by atoms with van der Waals surface area (Å²) in [6.45, 7) is 5.47. The number of halogens is 3. The van der Waals surface area contributed by atoms with E-state index in [1.165, 1.54) is 42.0 Å². The number of carbonyl (C=O) groups is 1. The number of aryl methyl sites for hydroxylation is 1. The van der Waals surface area contributed by atoms with Gasteiger partial charge in [-0.15, -0.1) is 0 Å². The van der Waals surface area contributed by atoms with E-state index in [1.54, 1.807) is 4.90 Å². The van der Waals surface area contributed by atoms with Gasteiger partial charge in [0.15, 0.2) is 0 Å². The van der Waals surface area contributed by atoms with Crippen LogP contribution in [0.4, 0.5) is 13.2 Å². The smallest absolute Gasteiger partial charge is 0.345 e. The highest BCUT2D eigenvalue weighted by Crippen LogP contribution is 2.33. The lowest BCUT2D eigenvalue weighted by Gasteiger charge is -2.36. The van der Waals surface area contributed by atoms with Crippen molar-refractivity contribution in [3.8, 4) is 0 Å². The van der Waals surface area contributed by atoms with Gasteiger partial charge < -0.3 is 14.4 Å². The molecule has 7 nitrogen and oxygen atoms in total. The topological polar surface area (TPSA) is 65.9 Å². The lowest BCUT2D eigenvalue weighted by molar-refractivity contribution is -0.137. The number of sulfonamides is 1. The second-order valence-corrected chi connectivity index (χ2v) is 12.8. The maximum absolute atomic E-state index is 13.4. The Morgan fingerprint density at radius 1 is 0.949 bits per heavy atom. The second kappa shape index (κ2) is 11.6. The van der Waals surface area contributed by atoms with Gasteiger partial charge in [0.1, 0.15) is 0 Å². The van der Waals surface area contributed by atoms with Crippen LogP contribution in [0, 0.1) is 0 Å². The van der Waals surface area contributed by atoms with Crippen LogP contribution in [0.2, 0.25) is 0 Å². The Morgan fingerprint density at radius 3 is 2.49 bits per heavy atom. The first-order chi connectivity index (χ1) is 18.6. The number of benzene rings is 1. The number of carbonyl (C=O) groups excluding carboxylic acids is 1. The van der Waals surface area contributed by atoms with Crippen LogP contribution >= 0.6 is 0 Å². The van der Waals surface area contributed by atoms with Gasteiger partial charge in [-0.1, -0.05) is 12.5 Å². The van der Waals surface area contributed by atoms with Crippen LogP contribution in [0.5, 0.6) is 0 Å². The van der Waals surface area contributed by atoms with Crippen molar-refractivity contribution in [3.05, 3.63) is 53.3 Å². The van der Waals surface area contributed by atoms with Crippen molar-refractivity contribution < 1.29 is 26.4 Å². The number of aromatic nitrogens is 1. The summed E-state index contributed by atoms with van der Waals surface area (Å²) in [5.41, 5.74) is 1.38. The van der Waals surface area contributed by atoms with E-state index in [9.17, 15) is 26.4 Å². The third-order valence-electron chi connectivity index (χ3n) is 8.32. The number of nitrogens with zero attached hydrogens (tertiary/aromatic N) is 4. The highest BCUT2D eigenvalue weighted by atomic mass is 32.2. The molecule has 0 radical (unpaired) electrons. The monoisotopic (exact) mass is 566 g/mol. The van der Waals surface area contributed by atoms with E-state index in [2.05, 4.69) is 21.6 Å². The molecule has 2 fully saturated rings. The Labute approximate surface area is 228 Å². The van der Waals surface area contributed by atoms with E-state index >= 15 is 0 Å². The van der Waals surface area contributed by atoms with Crippen LogP contribution in [-0.4, -0.2) is 71.8 Å². The van der Waals surface area contributed by atoms with E-state index < -0.39 is 27.8 Å². The Balaban J connectivity index is 1.22. The van der Waals surface area contributed by atoms with Crippen LogP contribution in [0.15, 0.2) is 41.3 Å². The van der Waals surface area contributed by atoms with E-state index in [1.807, 2.05) is 0 Å². The van der Waals surface area contributed by atoms with Gasteiger partial charge in [-0.25, -0.2) is 8.42 Å². The first-order valence-electron chi connectivity index (χ1n) is 14.0. The molecule has 1 amide bonds. The average Bonchev–Trinajstić information content (AvgIpc) is 3.58. The summed E-state index contributed by atoms with van der Waals surface area (Å²) in [4.78, 5) is 17.3. The SMILES string of the molecule is O=C(CC1CCCCN1S(=O)(=O)c1cccc(C(F)(F)F)c1)N1CCn2c(CCCN3CCCC3)ccc2C1. The lowest BCUT2D eigenvalue weighted by atomic mass is 10.0. The molecule has 3 aliphatic rings. The second-order valence-electron chi connectivity index (χ2n) is 10.9. The van der Waals surface area contributed by atoms with Crippen LogP contribution in [0.25, 0.3) is 0 Å². The van der Waals surface area contributed by atoms with Gasteiger partial charge in [0.25, 0.3) is 0 Å². The summed E-state index contributed by atoms with van der Waals surface area (Å²) >= 11 is 0. The minimum atomic E-state index is -4.64. The van der Waals surface area contributed by atoms with E-state index in [4.69, 9.17) is 0 Å². The third kappa shape index (κ3) is 6.36. The predicted molar refractivity (Wildman–Crippen MR) is 141 cm³/mol. The van der Waals surface area contributed by atoms with Gasteiger partial charge in [-0.3, -0.25) is 4.79 Å². The molecule has 2 saturated heterocycles. The fourth-order valence-electron chi connectivity index (χ4n) is 6.19. The zero-order valence-electron chi connectivity index (χ0n) is 22.2. The molecule has 0 aliphatic carbocycles. The standard InChI is InChI=1S/C28H37F3N4O3S/c29-28(30,31)22-7-5-10-26(19-22)39(37,38)35-16-2-1-8-24(35)20-27(36)33-17-18-34-23(11-12-25(34)21-33)9-6-15-32-13-3-4-14-32/h5,7,10-12,19,24H,1-4,6,8-9,13-18,20-21H2. The van der Waals surface area contributed by atoms with Gasteiger partial charge in [0.2, 0.25) is 15.9 Å². The van der Waals surface area contributed by atoms with Crippen molar-refractivity contribution in [1.29, 1.82) is 0 Å². The molecule has 0 N–H and O–H groups in total. The fraction of sp³-hybridized carbons (Fsp3) is 0.607. The molecule has 39 heavy (non-hydrogen) atoms. The molecule has 0 spiro atoms. The molecule has 11 heteroatoms. The average molecular weight is 567 g/mol. The Hall–Kier alpha value is -2.37. The molecular formula is C28H37F3N4O3S. The highest BCUT2D eigenvalue weighted by molar-refractivity contribution is 7.89. The highest BCUT2D eigenvalue weighted by Gasteiger charge is 2.38.